The van der Waals surface area contributed by atoms with Gasteiger partial charge in [-0.15, -0.1) is 0 Å². The van der Waals surface area contributed by atoms with Gasteiger partial charge in [-0.05, 0) is 37.4 Å². The van der Waals surface area contributed by atoms with E-state index in [-0.39, 0.29) is 0 Å². The summed E-state index contributed by atoms with van der Waals surface area (Å²) in [6.45, 7) is 7.08. The molecule has 1 saturated heterocycles. The summed E-state index contributed by atoms with van der Waals surface area (Å²) in [5.74, 6) is 1.77. The van der Waals surface area contributed by atoms with Crippen LogP contribution in [-0.4, -0.2) is 56.7 Å². The van der Waals surface area contributed by atoms with Crippen LogP contribution in [0.2, 0.25) is 0 Å². The van der Waals surface area contributed by atoms with Gasteiger partial charge in [0.25, 0.3) is 0 Å². The Hall–Kier alpha value is -2.53. The number of nitrogens with one attached hydrogen (secondary N) is 2. The lowest BCUT2D eigenvalue weighted by Gasteiger charge is -2.32. The second-order valence-corrected chi connectivity index (χ2v) is 7.47. The van der Waals surface area contributed by atoms with Crippen LogP contribution in [0.25, 0.3) is 11.1 Å². The van der Waals surface area contributed by atoms with E-state index in [0.717, 1.165) is 17.3 Å². The van der Waals surface area contributed by atoms with Crippen molar-refractivity contribution in [1.29, 1.82) is 0 Å². The lowest BCUT2D eigenvalue weighted by molar-refractivity contribution is 0.206. The first-order chi connectivity index (χ1) is 14.3. The second kappa shape index (κ2) is 11.5. The number of rotatable bonds is 8. The average Bonchev–Trinajstić information content (AvgIpc) is 2.78. The van der Waals surface area contributed by atoms with Crippen LogP contribution in [0.5, 0.6) is 5.75 Å². The zero-order valence-corrected chi connectivity index (χ0v) is 17.7. The van der Waals surface area contributed by atoms with Gasteiger partial charge in [-0.1, -0.05) is 55.5 Å². The van der Waals surface area contributed by atoms with Crippen LogP contribution in [0.15, 0.2) is 59.6 Å². The molecule has 0 unspecified atom stereocenters. The molecule has 156 valence electrons. The van der Waals surface area contributed by atoms with Crippen LogP contribution in [0.3, 0.4) is 0 Å². The molecule has 1 fully saturated rings. The summed E-state index contributed by atoms with van der Waals surface area (Å²) in [6, 6.07) is 19.0. The summed E-state index contributed by atoms with van der Waals surface area (Å²) in [5.41, 5.74) is 2.29. The maximum Gasteiger partial charge on any atom is 0.191 e. The number of hydrogen-bond donors (Lipinski definition) is 2. The van der Waals surface area contributed by atoms with Crippen LogP contribution >= 0.6 is 0 Å². The maximum absolute atomic E-state index is 6.07. The van der Waals surface area contributed by atoms with Crippen LogP contribution in [0.1, 0.15) is 26.2 Å². The van der Waals surface area contributed by atoms with Crippen molar-refractivity contribution >= 4 is 5.96 Å². The highest BCUT2D eigenvalue weighted by Gasteiger charge is 2.19. The molecule has 1 aliphatic heterocycles. The predicted octanol–water partition coefficient (Wildman–Crippen LogP) is 3.77. The molecule has 5 nitrogen and oxygen atoms in total. The predicted molar refractivity (Wildman–Crippen MR) is 122 cm³/mol. The van der Waals surface area contributed by atoms with Crippen molar-refractivity contribution in [2.45, 2.75) is 32.2 Å². The maximum atomic E-state index is 6.07. The summed E-state index contributed by atoms with van der Waals surface area (Å²) < 4.78 is 6.07. The first-order valence-electron chi connectivity index (χ1n) is 10.8. The molecule has 0 spiro atoms. The SMILES string of the molecule is CCCN1CCC(NC(=NC)NCCOc2ccccc2-c2ccccc2)CC1. The zero-order chi connectivity index (χ0) is 20.3. The van der Waals surface area contributed by atoms with Crippen molar-refractivity contribution < 1.29 is 4.74 Å². The molecular formula is C24H34N4O. The van der Waals surface area contributed by atoms with Gasteiger partial charge in [0.15, 0.2) is 5.96 Å². The monoisotopic (exact) mass is 394 g/mol. The van der Waals surface area contributed by atoms with Gasteiger partial charge in [0.2, 0.25) is 0 Å². The molecule has 0 aliphatic carbocycles. The lowest BCUT2D eigenvalue weighted by Crippen LogP contribution is -2.49. The number of hydrogen-bond acceptors (Lipinski definition) is 3. The van der Waals surface area contributed by atoms with Crippen LogP contribution in [-0.2, 0) is 0 Å². The standard InChI is InChI=1S/C24H34N4O/c1-3-16-28-17-13-21(14-18-28)27-24(25-2)26-15-19-29-23-12-8-7-11-22(23)20-9-5-4-6-10-20/h4-12,21H,3,13-19H2,1-2H3,(H2,25,26,27). The Labute approximate surface area is 175 Å². The molecule has 3 rings (SSSR count). The summed E-state index contributed by atoms with van der Waals surface area (Å²) in [4.78, 5) is 6.92. The molecule has 0 saturated carbocycles. The molecule has 1 heterocycles. The van der Waals surface area contributed by atoms with Gasteiger partial charge in [-0.3, -0.25) is 4.99 Å². The highest BCUT2D eigenvalue weighted by molar-refractivity contribution is 5.80. The molecule has 0 atom stereocenters. The molecule has 0 bridgehead atoms. The largest absolute Gasteiger partial charge is 0.491 e. The molecule has 29 heavy (non-hydrogen) atoms. The van der Waals surface area contributed by atoms with Crippen molar-refractivity contribution in [1.82, 2.24) is 15.5 Å². The minimum Gasteiger partial charge on any atom is -0.491 e. The topological polar surface area (TPSA) is 48.9 Å². The van der Waals surface area contributed by atoms with Gasteiger partial charge in [-0.25, -0.2) is 0 Å². The number of nitrogens with zero attached hydrogens (tertiary/aromatic N) is 2. The van der Waals surface area contributed by atoms with Crippen LogP contribution < -0.4 is 15.4 Å². The number of guanidine groups is 1. The Morgan fingerprint density at radius 3 is 2.52 bits per heavy atom. The van der Waals surface area contributed by atoms with E-state index in [9.17, 15) is 0 Å². The summed E-state index contributed by atoms with van der Waals surface area (Å²) in [5, 5.41) is 6.94. The molecule has 5 heteroatoms. The fourth-order valence-corrected chi connectivity index (χ4v) is 3.78. The van der Waals surface area contributed by atoms with Crippen LogP contribution in [0, 0.1) is 0 Å². The highest BCUT2D eigenvalue weighted by atomic mass is 16.5. The van der Waals surface area contributed by atoms with E-state index in [1.54, 1.807) is 0 Å². The number of likely N-dealkylation sites (tertiary alicyclic amines) is 1. The van der Waals surface area contributed by atoms with Gasteiger partial charge in [0.1, 0.15) is 12.4 Å². The van der Waals surface area contributed by atoms with Gasteiger partial charge >= 0.3 is 0 Å². The Kier molecular flexibility index (Phi) is 8.38. The summed E-state index contributed by atoms with van der Waals surface area (Å²) in [6.07, 6.45) is 3.57. The molecule has 0 radical (unpaired) electrons. The summed E-state index contributed by atoms with van der Waals surface area (Å²) in [7, 11) is 1.83. The Morgan fingerprint density at radius 2 is 1.79 bits per heavy atom. The Morgan fingerprint density at radius 1 is 1.07 bits per heavy atom. The van der Waals surface area contributed by atoms with E-state index in [2.05, 4.69) is 57.8 Å². The number of para-hydroxylation sites is 1. The van der Waals surface area contributed by atoms with E-state index in [4.69, 9.17) is 4.74 Å². The number of aliphatic imine (C=N–C) groups is 1. The van der Waals surface area contributed by atoms with E-state index in [0.29, 0.717) is 19.2 Å². The van der Waals surface area contributed by atoms with Gasteiger partial charge < -0.3 is 20.3 Å². The van der Waals surface area contributed by atoms with Gasteiger partial charge in [0, 0.05) is 31.7 Å². The van der Waals surface area contributed by atoms with Crippen LogP contribution in [0.4, 0.5) is 0 Å². The highest BCUT2D eigenvalue weighted by Crippen LogP contribution is 2.29. The smallest absolute Gasteiger partial charge is 0.191 e. The van der Waals surface area contributed by atoms with E-state index in [1.165, 1.54) is 44.5 Å². The zero-order valence-electron chi connectivity index (χ0n) is 17.7. The Bertz CT molecular complexity index is 754. The second-order valence-electron chi connectivity index (χ2n) is 7.47. The van der Waals surface area contributed by atoms with Crippen molar-refractivity contribution in [2.75, 3.05) is 39.8 Å². The van der Waals surface area contributed by atoms with E-state index >= 15 is 0 Å². The first kappa shape index (κ1) is 21.2. The lowest BCUT2D eigenvalue weighted by atomic mass is 10.1. The average molecular weight is 395 g/mol. The van der Waals surface area contributed by atoms with Crippen molar-refractivity contribution in [3.63, 3.8) is 0 Å². The first-order valence-corrected chi connectivity index (χ1v) is 10.8. The van der Waals surface area contributed by atoms with E-state index in [1.807, 2.05) is 31.3 Å². The molecule has 0 aromatic heterocycles. The normalized spacial score (nSPS) is 15.9. The quantitative estimate of drug-likeness (QED) is 0.406. The fourth-order valence-electron chi connectivity index (χ4n) is 3.78. The van der Waals surface area contributed by atoms with Gasteiger partial charge in [-0.2, -0.15) is 0 Å². The molecule has 0 amide bonds. The molecular weight excluding hydrogens is 360 g/mol. The molecule has 2 aromatic rings. The van der Waals surface area contributed by atoms with Crippen molar-refractivity contribution in [3.8, 4) is 16.9 Å². The van der Waals surface area contributed by atoms with Crippen molar-refractivity contribution in [3.05, 3.63) is 54.6 Å². The number of ether oxygens (including phenoxy) is 1. The third-order valence-corrected chi connectivity index (χ3v) is 5.32. The molecule has 2 N–H and O–H groups in total. The Balaban J connectivity index is 1.43. The molecule has 1 aliphatic rings. The third-order valence-electron chi connectivity index (χ3n) is 5.32. The third kappa shape index (κ3) is 6.50. The minimum absolute atomic E-state index is 0.494. The van der Waals surface area contributed by atoms with Gasteiger partial charge in [0.05, 0.1) is 6.54 Å². The number of piperidine rings is 1. The number of benzene rings is 2. The molecule has 2 aromatic carbocycles. The summed E-state index contributed by atoms with van der Waals surface area (Å²) >= 11 is 0. The fraction of sp³-hybridized carbons (Fsp3) is 0.458. The van der Waals surface area contributed by atoms with Crippen molar-refractivity contribution in [2.24, 2.45) is 4.99 Å². The minimum atomic E-state index is 0.494. The van der Waals surface area contributed by atoms with E-state index < -0.39 is 0 Å².